The number of carbonyl (C=O) groups excluding carboxylic acids is 4. The highest BCUT2D eigenvalue weighted by Gasteiger charge is 2.47. The van der Waals surface area contributed by atoms with Crippen molar-refractivity contribution in [2.75, 3.05) is 20.2 Å². The lowest BCUT2D eigenvalue weighted by atomic mass is 9.85. The van der Waals surface area contributed by atoms with Crippen LogP contribution >= 0.6 is 0 Å². The summed E-state index contributed by atoms with van der Waals surface area (Å²) in [5.74, 6) is -0.749. The molecule has 4 amide bonds. The molecule has 0 unspecified atom stereocenters. The second kappa shape index (κ2) is 12.5. The van der Waals surface area contributed by atoms with E-state index in [2.05, 4.69) is 12.2 Å². The first-order valence-electron chi connectivity index (χ1n) is 12.6. The second-order valence-corrected chi connectivity index (χ2v) is 9.17. The van der Waals surface area contributed by atoms with Gasteiger partial charge in [0.2, 0.25) is 23.6 Å². The number of carbonyl (C=O) groups is 4. The Balaban J connectivity index is 1.73. The van der Waals surface area contributed by atoms with E-state index in [1.807, 2.05) is 43.3 Å². The fraction of sp³-hybridized carbons (Fsp3) is 0.556. The van der Waals surface area contributed by atoms with Gasteiger partial charge in [-0.05, 0) is 43.4 Å². The molecule has 0 bridgehead atoms. The van der Waals surface area contributed by atoms with Crippen molar-refractivity contribution >= 4 is 23.6 Å². The molecule has 2 aliphatic rings. The van der Waals surface area contributed by atoms with Crippen LogP contribution in [0.15, 0.2) is 36.4 Å². The summed E-state index contributed by atoms with van der Waals surface area (Å²) in [6.45, 7) is 4.78. The normalized spacial score (nSPS) is 19.9. The third-order valence-electron chi connectivity index (χ3n) is 6.88. The Morgan fingerprint density at radius 1 is 1.09 bits per heavy atom. The van der Waals surface area contributed by atoms with Crippen molar-refractivity contribution in [1.29, 1.82) is 0 Å². The third-order valence-corrected chi connectivity index (χ3v) is 6.88. The number of unbranched alkanes of at least 4 members (excludes halogenated alkanes) is 1. The minimum Gasteiger partial charge on any atom is -0.497 e. The predicted molar refractivity (Wildman–Crippen MR) is 132 cm³/mol. The van der Waals surface area contributed by atoms with E-state index in [-0.39, 0.29) is 55.0 Å². The van der Waals surface area contributed by atoms with Crippen molar-refractivity contribution in [3.63, 3.8) is 0 Å². The summed E-state index contributed by atoms with van der Waals surface area (Å²) in [5.41, 5.74) is 0.865. The molecule has 3 rings (SSSR count). The molecule has 1 aliphatic carbocycles. The molecule has 8 heteroatoms. The Kier molecular flexibility index (Phi) is 9.46. The number of benzene rings is 1. The summed E-state index contributed by atoms with van der Waals surface area (Å²) in [6, 6.07) is 6.73. The average molecular weight is 484 g/mol. The molecule has 35 heavy (non-hydrogen) atoms. The smallest absolute Gasteiger partial charge is 0.242 e. The van der Waals surface area contributed by atoms with E-state index in [1.165, 1.54) is 4.90 Å². The highest BCUT2D eigenvalue weighted by Crippen LogP contribution is 2.35. The van der Waals surface area contributed by atoms with Crippen molar-refractivity contribution in [2.45, 2.75) is 65.0 Å². The van der Waals surface area contributed by atoms with Crippen molar-refractivity contribution in [2.24, 2.45) is 11.8 Å². The fourth-order valence-corrected chi connectivity index (χ4v) is 4.79. The van der Waals surface area contributed by atoms with Gasteiger partial charge in [0.1, 0.15) is 11.8 Å². The van der Waals surface area contributed by atoms with Gasteiger partial charge >= 0.3 is 0 Å². The van der Waals surface area contributed by atoms with Gasteiger partial charge in [0.15, 0.2) is 0 Å². The number of ether oxygens (including phenoxy) is 1. The van der Waals surface area contributed by atoms with Crippen LogP contribution < -0.4 is 10.1 Å². The Hall–Kier alpha value is -3.16. The van der Waals surface area contributed by atoms with Gasteiger partial charge in [-0.1, -0.05) is 44.6 Å². The molecule has 1 aromatic rings. The quantitative estimate of drug-likeness (QED) is 0.280. The molecule has 8 nitrogen and oxygen atoms in total. The first-order valence-corrected chi connectivity index (χ1v) is 12.6. The highest BCUT2D eigenvalue weighted by atomic mass is 16.5. The lowest BCUT2D eigenvalue weighted by Crippen LogP contribution is -2.49. The van der Waals surface area contributed by atoms with Crippen molar-refractivity contribution < 1.29 is 23.9 Å². The molecule has 1 N–H and O–H groups in total. The van der Waals surface area contributed by atoms with Gasteiger partial charge in [0.05, 0.1) is 18.9 Å². The Bertz CT molecular complexity index is 917. The summed E-state index contributed by atoms with van der Waals surface area (Å²) in [4.78, 5) is 54.8. The standard InChI is InChI=1S/C27H37N3O5/c1-4-6-16-28-25(32)23(5-2)30(18-19-11-13-20(35-3)14-12-19)24(31)15-17-29-26(33)21-9-7-8-10-22(21)27(29)34/h7-8,11-14,21-23H,4-6,9-10,15-18H2,1-3H3,(H,28,32)/t21-,22+,23-/m1/s1. The van der Waals surface area contributed by atoms with E-state index in [1.54, 1.807) is 12.0 Å². The number of likely N-dealkylation sites (tertiary alicyclic amines) is 1. The average Bonchev–Trinajstić information content (AvgIpc) is 3.12. The number of nitrogens with one attached hydrogen (secondary N) is 1. The first kappa shape index (κ1) is 26.4. The van der Waals surface area contributed by atoms with Crippen molar-refractivity contribution in [3.8, 4) is 5.75 Å². The van der Waals surface area contributed by atoms with Crippen molar-refractivity contribution in [3.05, 3.63) is 42.0 Å². The number of methoxy groups -OCH3 is 1. The van der Waals surface area contributed by atoms with E-state index in [0.717, 1.165) is 18.4 Å². The van der Waals surface area contributed by atoms with E-state index in [9.17, 15) is 19.2 Å². The molecular formula is C27H37N3O5. The van der Waals surface area contributed by atoms with Gasteiger partial charge < -0.3 is 15.0 Å². The summed E-state index contributed by atoms with van der Waals surface area (Å²) < 4.78 is 5.22. The molecule has 0 aromatic heterocycles. The van der Waals surface area contributed by atoms with Crippen LogP contribution in [0.3, 0.4) is 0 Å². The number of rotatable bonds is 12. The van der Waals surface area contributed by atoms with Crippen LogP contribution in [0.25, 0.3) is 0 Å². The molecule has 3 atom stereocenters. The Morgan fingerprint density at radius 2 is 1.71 bits per heavy atom. The molecule has 1 heterocycles. The number of hydrogen-bond acceptors (Lipinski definition) is 5. The minimum atomic E-state index is -0.641. The van der Waals surface area contributed by atoms with Gasteiger partial charge in [0, 0.05) is 26.1 Å². The van der Waals surface area contributed by atoms with Gasteiger partial charge in [-0.3, -0.25) is 24.1 Å². The van der Waals surface area contributed by atoms with E-state index >= 15 is 0 Å². The topological polar surface area (TPSA) is 96.0 Å². The molecule has 0 spiro atoms. The Morgan fingerprint density at radius 3 is 2.26 bits per heavy atom. The maximum Gasteiger partial charge on any atom is 0.242 e. The Labute approximate surface area is 207 Å². The van der Waals surface area contributed by atoms with Crippen LogP contribution in [0.5, 0.6) is 5.75 Å². The summed E-state index contributed by atoms with van der Waals surface area (Å²) >= 11 is 0. The summed E-state index contributed by atoms with van der Waals surface area (Å²) in [7, 11) is 1.59. The summed E-state index contributed by atoms with van der Waals surface area (Å²) in [6.07, 6.45) is 7.29. The monoisotopic (exact) mass is 483 g/mol. The molecule has 1 aromatic carbocycles. The number of amides is 4. The van der Waals surface area contributed by atoms with Crippen LogP contribution in [0.1, 0.15) is 57.9 Å². The maximum atomic E-state index is 13.4. The van der Waals surface area contributed by atoms with E-state index < -0.39 is 6.04 Å². The van der Waals surface area contributed by atoms with Crippen LogP contribution in [-0.2, 0) is 25.7 Å². The SMILES string of the molecule is CCCCNC(=O)[C@@H](CC)N(Cc1ccc(OC)cc1)C(=O)CCN1C(=O)[C@H]2CC=CC[C@H]2C1=O. The number of hydrogen-bond donors (Lipinski definition) is 1. The summed E-state index contributed by atoms with van der Waals surface area (Å²) in [5, 5.41) is 2.94. The van der Waals surface area contributed by atoms with E-state index in [4.69, 9.17) is 4.74 Å². The predicted octanol–water partition coefficient (Wildman–Crippen LogP) is 3.06. The largest absolute Gasteiger partial charge is 0.497 e. The lowest BCUT2D eigenvalue weighted by Gasteiger charge is -2.31. The van der Waals surface area contributed by atoms with Gasteiger partial charge in [-0.2, -0.15) is 0 Å². The fourth-order valence-electron chi connectivity index (χ4n) is 4.79. The van der Waals surface area contributed by atoms with E-state index in [0.29, 0.717) is 31.6 Å². The highest BCUT2D eigenvalue weighted by molar-refractivity contribution is 6.05. The number of allylic oxidation sites excluding steroid dienone is 2. The molecular weight excluding hydrogens is 446 g/mol. The number of nitrogens with zero attached hydrogens (tertiary/aromatic N) is 2. The lowest BCUT2D eigenvalue weighted by molar-refractivity contribution is -0.144. The van der Waals surface area contributed by atoms with Gasteiger partial charge in [-0.25, -0.2) is 0 Å². The molecule has 1 aliphatic heterocycles. The molecule has 1 fully saturated rings. The van der Waals surface area contributed by atoms with Crippen LogP contribution in [0.4, 0.5) is 0 Å². The van der Waals surface area contributed by atoms with Gasteiger partial charge in [0.25, 0.3) is 0 Å². The van der Waals surface area contributed by atoms with Crippen LogP contribution in [-0.4, -0.2) is 59.7 Å². The zero-order valence-electron chi connectivity index (χ0n) is 21.0. The minimum absolute atomic E-state index is 0.0146. The zero-order valence-corrected chi connectivity index (χ0v) is 21.0. The molecule has 1 saturated heterocycles. The van der Waals surface area contributed by atoms with Crippen LogP contribution in [0, 0.1) is 11.8 Å². The molecule has 190 valence electrons. The maximum absolute atomic E-state index is 13.4. The van der Waals surface area contributed by atoms with Gasteiger partial charge in [-0.15, -0.1) is 0 Å². The number of imide groups is 1. The van der Waals surface area contributed by atoms with Crippen LogP contribution in [0.2, 0.25) is 0 Å². The second-order valence-electron chi connectivity index (χ2n) is 9.17. The zero-order chi connectivity index (χ0) is 25.4. The molecule has 0 radical (unpaired) electrons. The first-order chi connectivity index (χ1) is 16.9. The van der Waals surface area contributed by atoms with Crippen molar-refractivity contribution in [1.82, 2.24) is 15.1 Å². The molecule has 0 saturated carbocycles. The number of fused-ring (bicyclic) bond motifs is 1. The third kappa shape index (κ3) is 6.29.